The van der Waals surface area contributed by atoms with Gasteiger partial charge in [-0.3, -0.25) is 4.79 Å². The molecule has 1 rings (SSSR count). The van der Waals surface area contributed by atoms with Gasteiger partial charge in [0.1, 0.15) is 0 Å². The molecule has 0 unspecified atom stereocenters. The van der Waals surface area contributed by atoms with Crippen molar-refractivity contribution in [2.75, 3.05) is 12.3 Å². The first-order chi connectivity index (χ1) is 8.22. The number of ether oxygens (including phenoxy) is 1. The van der Waals surface area contributed by atoms with Crippen LogP contribution in [0.5, 0.6) is 0 Å². The lowest BCUT2D eigenvalue weighted by Gasteiger charge is -2.05. The van der Waals surface area contributed by atoms with Crippen LogP contribution >= 0.6 is 0 Å². The standard InChI is InChI=1S/C14H21NO2/c1-2-3-4-10-17-14(16)9-8-12-6-5-7-13(15)11-12/h5-7,11H,2-4,8-10,15H2,1H3. The summed E-state index contributed by atoms with van der Waals surface area (Å²) in [6, 6.07) is 7.61. The number of aryl methyl sites for hydroxylation is 1. The number of nitrogen functional groups attached to an aromatic ring is 1. The van der Waals surface area contributed by atoms with Gasteiger partial charge in [0.05, 0.1) is 6.61 Å². The van der Waals surface area contributed by atoms with Gasteiger partial charge in [0, 0.05) is 12.1 Å². The van der Waals surface area contributed by atoms with Crippen molar-refractivity contribution in [1.82, 2.24) is 0 Å². The number of anilines is 1. The molecule has 0 heterocycles. The molecule has 1 aromatic carbocycles. The highest BCUT2D eigenvalue weighted by Crippen LogP contribution is 2.09. The van der Waals surface area contributed by atoms with E-state index in [0.29, 0.717) is 19.4 Å². The number of unbranched alkanes of at least 4 members (excludes halogenated alkanes) is 2. The molecule has 17 heavy (non-hydrogen) atoms. The first-order valence-corrected chi connectivity index (χ1v) is 6.22. The van der Waals surface area contributed by atoms with Gasteiger partial charge >= 0.3 is 5.97 Å². The van der Waals surface area contributed by atoms with Crippen LogP contribution < -0.4 is 5.73 Å². The maximum Gasteiger partial charge on any atom is 0.306 e. The average Bonchev–Trinajstić information content (AvgIpc) is 2.32. The summed E-state index contributed by atoms with van der Waals surface area (Å²) < 4.78 is 5.13. The van der Waals surface area contributed by atoms with E-state index in [0.717, 1.165) is 30.5 Å². The number of carbonyl (C=O) groups is 1. The second-order valence-corrected chi connectivity index (χ2v) is 4.17. The van der Waals surface area contributed by atoms with Crippen LogP contribution in [0.3, 0.4) is 0 Å². The summed E-state index contributed by atoms with van der Waals surface area (Å²) in [6.07, 6.45) is 4.33. The Morgan fingerprint density at radius 2 is 2.18 bits per heavy atom. The van der Waals surface area contributed by atoms with Crippen LogP contribution in [0, 0.1) is 0 Å². The van der Waals surface area contributed by atoms with E-state index in [4.69, 9.17) is 10.5 Å². The van der Waals surface area contributed by atoms with Gasteiger partial charge in [0.15, 0.2) is 0 Å². The van der Waals surface area contributed by atoms with E-state index in [1.165, 1.54) is 0 Å². The molecule has 0 spiro atoms. The lowest BCUT2D eigenvalue weighted by Crippen LogP contribution is -2.07. The largest absolute Gasteiger partial charge is 0.466 e. The van der Waals surface area contributed by atoms with Gasteiger partial charge in [-0.2, -0.15) is 0 Å². The molecule has 0 radical (unpaired) electrons. The molecular weight excluding hydrogens is 214 g/mol. The molecule has 2 N–H and O–H groups in total. The Balaban J connectivity index is 2.19. The Morgan fingerprint density at radius 3 is 2.88 bits per heavy atom. The molecule has 0 aliphatic heterocycles. The third kappa shape index (κ3) is 5.95. The summed E-state index contributed by atoms with van der Waals surface area (Å²) in [6.45, 7) is 2.67. The zero-order valence-electron chi connectivity index (χ0n) is 10.4. The van der Waals surface area contributed by atoms with Crippen LogP contribution in [0.15, 0.2) is 24.3 Å². The van der Waals surface area contributed by atoms with Crippen molar-refractivity contribution in [3.63, 3.8) is 0 Å². The molecule has 3 nitrogen and oxygen atoms in total. The van der Waals surface area contributed by atoms with Crippen molar-refractivity contribution in [2.45, 2.75) is 39.0 Å². The minimum Gasteiger partial charge on any atom is -0.466 e. The van der Waals surface area contributed by atoms with Gasteiger partial charge in [0.25, 0.3) is 0 Å². The van der Waals surface area contributed by atoms with E-state index in [-0.39, 0.29) is 5.97 Å². The molecule has 3 heteroatoms. The number of rotatable bonds is 7. The molecule has 0 saturated carbocycles. The quantitative estimate of drug-likeness (QED) is 0.449. The van der Waals surface area contributed by atoms with Crippen LogP contribution in [0.25, 0.3) is 0 Å². The summed E-state index contributed by atoms with van der Waals surface area (Å²) in [4.78, 5) is 11.4. The molecular formula is C14H21NO2. The summed E-state index contributed by atoms with van der Waals surface area (Å²) in [5.41, 5.74) is 7.48. The molecule has 0 aliphatic rings. The van der Waals surface area contributed by atoms with E-state index in [1.54, 1.807) is 0 Å². The van der Waals surface area contributed by atoms with Gasteiger partial charge in [0.2, 0.25) is 0 Å². The fourth-order valence-corrected chi connectivity index (χ4v) is 1.61. The van der Waals surface area contributed by atoms with E-state index in [2.05, 4.69) is 6.92 Å². The van der Waals surface area contributed by atoms with Crippen LogP contribution in [0.1, 0.15) is 38.2 Å². The Labute approximate surface area is 103 Å². The highest BCUT2D eigenvalue weighted by Gasteiger charge is 2.03. The highest BCUT2D eigenvalue weighted by atomic mass is 16.5. The number of hydrogen-bond donors (Lipinski definition) is 1. The van der Waals surface area contributed by atoms with Gasteiger partial charge in [-0.1, -0.05) is 31.9 Å². The smallest absolute Gasteiger partial charge is 0.306 e. The SMILES string of the molecule is CCCCCOC(=O)CCc1cccc(N)c1. The van der Waals surface area contributed by atoms with E-state index < -0.39 is 0 Å². The number of benzene rings is 1. The number of nitrogens with two attached hydrogens (primary N) is 1. The lowest BCUT2D eigenvalue weighted by molar-refractivity contribution is -0.143. The van der Waals surface area contributed by atoms with Crippen molar-refractivity contribution >= 4 is 11.7 Å². The molecule has 0 bridgehead atoms. The van der Waals surface area contributed by atoms with Crippen molar-refractivity contribution in [1.29, 1.82) is 0 Å². The molecule has 0 aromatic heterocycles. The summed E-state index contributed by atoms with van der Waals surface area (Å²) >= 11 is 0. The monoisotopic (exact) mass is 235 g/mol. The number of esters is 1. The first-order valence-electron chi connectivity index (χ1n) is 6.22. The van der Waals surface area contributed by atoms with E-state index in [9.17, 15) is 4.79 Å². The third-order valence-electron chi connectivity index (χ3n) is 2.58. The molecule has 0 saturated heterocycles. The second kappa shape index (κ2) is 7.71. The first kappa shape index (κ1) is 13.6. The zero-order valence-corrected chi connectivity index (χ0v) is 10.4. The van der Waals surface area contributed by atoms with Crippen LogP contribution in [0.2, 0.25) is 0 Å². The van der Waals surface area contributed by atoms with Crippen LogP contribution in [0.4, 0.5) is 5.69 Å². The molecule has 0 atom stereocenters. The molecule has 0 amide bonds. The van der Waals surface area contributed by atoms with Gasteiger partial charge in [-0.05, 0) is 30.5 Å². The summed E-state index contributed by atoms with van der Waals surface area (Å²) in [5.74, 6) is -0.122. The van der Waals surface area contributed by atoms with Crippen LogP contribution in [-0.4, -0.2) is 12.6 Å². The highest BCUT2D eigenvalue weighted by molar-refractivity contribution is 5.69. The normalized spacial score (nSPS) is 10.2. The molecule has 0 aliphatic carbocycles. The lowest BCUT2D eigenvalue weighted by atomic mass is 10.1. The van der Waals surface area contributed by atoms with Crippen molar-refractivity contribution < 1.29 is 9.53 Å². The molecule has 94 valence electrons. The van der Waals surface area contributed by atoms with Gasteiger partial charge in [-0.25, -0.2) is 0 Å². The minimum absolute atomic E-state index is 0.122. The van der Waals surface area contributed by atoms with Crippen molar-refractivity contribution in [3.05, 3.63) is 29.8 Å². The summed E-state index contributed by atoms with van der Waals surface area (Å²) in [5, 5.41) is 0. The van der Waals surface area contributed by atoms with Crippen molar-refractivity contribution in [2.24, 2.45) is 0 Å². The van der Waals surface area contributed by atoms with Crippen LogP contribution in [-0.2, 0) is 16.0 Å². The zero-order chi connectivity index (χ0) is 12.5. The maximum atomic E-state index is 11.4. The number of hydrogen-bond acceptors (Lipinski definition) is 3. The molecule has 0 fully saturated rings. The Kier molecular flexibility index (Phi) is 6.15. The predicted octanol–water partition coefficient (Wildman–Crippen LogP) is 2.93. The van der Waals surface area contributed by atoms with E-state index >= 15 is 0 Å². The van der Waals surface area contributed by atoms with Crippen molar-refractivity contribution in [3.8, 4) is 0 Å². The fourth-order valence-electron chi connectivity index (χ4n) is 1.61. The van der Waals surface area contributed by atoms with E-state index in [1.807, 2.05) is 24.3 Å². The Hall–Kier alpha value is -1.51. The Bertz CT molecular complexity index is 350. The van der Waals surface area contributed by atoms with Gasteiger partial charge in [-0.15, -0.1) is 0 Å². The van der Waals surface area contributed by atoms with Gasteiger partial charge < -0.3 is 10.5 Å². The third-order valence-corrected chi connectivity index (χ3v) is 2.58. The summed E-state index contributed by atoms with van der Waals surface area (Å²) in [7, 11) is 0. The minimum atomic E-state index is -0.122. The maximum absolute atomic E-state index is 11.4. The number of carbonyl (C=O) groups excluding carboxylic acids is 1. The Morgan fingerprint density at radius 1 is 1.35 bits per heavy atom. The molecule has 1 aromatic rings. The average molecular weight is 235 g/mol. The topological polar surface area (TPSA) is 52.3 Å². The fraction of sp³-hybridized carbons (Fsp3) is 0.500. The predicted molar refractivity (Wildman–Crippen MR) is 69.7 cm³/mol. The second-order valence-electron chi connectivity index (χ2n) is 4.17.